The molecule has 2 aromatic rings. The van der Waals surface area contributed by atoms with E-state index in [4.69, 9.17) is 0 Å². The molecule has 28 heavy (non-hydrogen) atoms. The van der Waals surface area contributed by atoms with Gasteiger partial charge in [0.15, 0.2) is 5.84 Å². The lowest BCUT2D eigenvalue weighted by Crippen LogP contribution is -2.38. The molecule has 0 unspecified atom stereocenters. The molecule has 0 aliphatic carbocycles. The highest BCUT2D eigenvalue weighted by atomic mass is 32.2. The van der Waals surface area contributed by atoms with E-state index in [0.717, 1.165) is 0 Å². The molecular weight excluding hydrogens is 392 g/mol. The Morgan fingerprint density at radius 3 is 2.54 bits per heavy atom. The molecule has 0 spiro atoms. The molecule has 1 aliphatic rings. The number of ether oxygens (including phenoxy) is 1. The third-order valence-electron chi connectivity index (χ3n) is 3.99. The van der Waals surface area contributed by atoms with Gasteiger partial charge in [-0.3, -0.25) is 4.79 Å². The number of amides is 1. The van der Waals surface area contributed by atoms with Crippen molar-refractivity contribution in [2.75, 3.05) is 13.6 Å². The molecule has 1 N–H and O–H groups in total. The summed E-state index contributed by atoms with van der Waals surface area (Å²) < 4.78 is 56.5. The Morgan fingerprint density at radius 2 is 1.86 bits per heavy atom. The van der Waals surface area contributed by atoms with Gasteiger partial charge in [0, 0.05) is 19.2 Å². The minimum atomic E-state index is -3.75. The quantitative estimate of drug-likeness (QED) is 0.788. The Bertz CT molecular complexity index is 1010. The number of hydrogen-bond acceptors (Lipinski definition) is 5. The van der Waals surface area contributed by atoms with Crippen molar-refractivity contribution in [1.82, 2.24) is 10.2 Å². The number of carbonyl (C=O) groups is 1. The SMILES string of the molecule is CN(CC(=O)NCc1ccc(OC(F)F)cc1)C1=NS(=O)(=O)c2ccccc21. The van der Waals surface area contributed by atoms with Gasteiger partial charge >= 0.3 is 6.61 Å². The standard InChI is InChI=1S/C18H17F2N3O4S/c1-23(17-14-4-2-3-5-15(14)28(25,26)22-17)11-16(24)21-10-12-6-8-13(9-7-12)27-18(19)20/h2-9,18H,10-11H2,1H3,(H,21,24). The van der Waals surface area contributed by atoms with E-state index in [1.807, 2.05) is 0 Å². The lowest BCUT2D eigenvalue weighted by atomic mass is 10.2. The fourth-order valence-corrected chi connectivity index (χ4v) is 3.95. The number of nitrogens with one attached hydrogen (secondary N) is 1. The molecule has 2 aromatic carbocycles. The van der Waals surface area contributed by atoms with E-state index in [1.165, 1.54) is 23.1 Å². The highest BCUT2D eigenvalue weighted by Gasteiger charge is 2.30. The van der Waals surface area contributed by atoms with Gasteiger partial charge < -0.3 is 15.0 Å². The van der Waals surface area contributed by atoms with E-state index in [9.17, 15) is 22.0 Å². The molecule has 0 atom stereocenters. The van der Waals surface area contributed by atoms with Gasteiger partial charge in [-0.2, -0.15) is 17.2 Å². The first-order valence-corrected chi connectivity index (χ1v) is 9.66. The smallest absolute Gasteiger partial charge is 0.387 e. The van der Waals surface area contributed by atoms with Gasteiger partial charge in [-0.1, -0.05) is 24.3 Å². The molecule has 1 amide bonds. The number of nitrogens with zero attached hydrogens (tertiary/aromatic N) is 2. The van der Waals surface area contributed by atoms with Crippen molar-refractivity contribution in [1.29, 1.82) is 0 Å². The van der Waals surface area contributed by atoms with Crippen LogP contribution in [-0.4, -0.2) is 45.3 Å². The van der Waals surface area contributed by atoms with Crippen LogP contribution >= 0.6 is 0 Å². The third-order valence-corrected chi connectivity index (χ3v) is 5.32. The molecule has 0 saturated heterocycles. The average molecular weight is 409 g/mol. The molecule has 3 rings (SSSR count). The number of carbonyl (C=O) groups excluding carboxylic acids is 1. The molecule has 0 saturated carbocycles. The van der Waals surface area contributed by atoms with E-state index in [0.29, 0.717) is 11.1 Å². The second-order valence-electron chi connectivity index (χ2n) is 6.04. The van der Waals surface area contributed by atoms with Crippen molar-refractivity contribution in [2.24, 2.45) is 4.40 Å². The molecule has 0 aromatic heterocycles. The van der Waals surface area contributed by atoms with Crippen molar-refractivity contribution >= 4 is 21.8 Å². The normalized spacial score (nSPS) is 14.4. The predicted octanol–water partition coefficient (Wildman–Crippen LogP) is 1.99. The second kappa shape index (κ2) is 7.93. The number of alkyl halides is 2. The predicted molar refractivity (Wildman–Crippen MR) is 97.7 cm³/mol. The maximum Gasteiger partial charge on any atom is 0.387 e. The number of benzene rings is 2. The topological polar surface area (TPSA) is 88.1 Å². The molecule has 1 heterocycles. The van der Waals surface area contributed by atoms with Crippen LogP contribution in [-0.2, 0) is 21.4 Å². The van der Waals surface area contributed by atoms with Crippen LogP contribution in [0, 0.1) is 0 Å². The summed E-state index contributed by atoms with van der Waals surface area (Å²) >= 11 is 0. The molecule has 7 nitrogen and oxygen atoms in total. The zero-order valence-corrected chi connectivity index (χ0v) is 15.6. The van der Waals surface area contributed by atoms with Crippen molar-refractivity contribution in [3.63, 3.8) is 0 Å². The molecule has 1 aliphatic heterocycles. The number of halogens is 2. The van der Waals surface area contributed by atoms with Crippen LogP contribution in [0.15, 0.2) is 57.8 Å². The van der Waals surface area contributed by atoms with Crippen molar-refractivity contribution in [3.05, 3.63) is 59.7 Å². The largest absolute Gasteiger partial charge is 0.435 e. The summed E-state index contributed by atoms with van der Waals surface area (Å²) in [6, 6.07) is 12.3. The van der Waals surface area contributed by atoms with Crippen LogP contribution in [0.4, 0.5) is 8.78 Å². The molecular formula is C18H17F2N3O4S. The summed E-state index contributed by atoms with van der Waals surface area (Å²) in [5, 5.41) is 2.68. The Kier molecular flexibility index (Phi) is 5.59. The molecule has 10 heteroatoms. The van der Waals surface area contributed by atoms with Gasteiger partial charge in [0.2, 0.25) is 5.91 Å². The van der Waals surface area contributed by atoms with Gasteiger partial charge in [0.1, 0.15) is 10.6 Å². The van der Waals surface area contributed by atoms with Crippen molar-refractivity contribution < 1.29 is 26.7 Å². The van der Waals surface area contributed by atoms with Gasteiger partial charge in [0.05, 0.1) is 6.54 Å². The van der Waals surface area contributed by atoms with Gasteiger partial charge in [0.25, 0.3) is 10.0 Å². The highest BCUT2D eigenvalue weighted by molar-refractivity contribution is 7.90. The minimum absolute atomic E-state index is 0.0314. The molecule has 148 valence electrons. The fourth-order valence-electron chi connectivity index (χ4n) is 2.70. The number of likely N-dealkylation sites (N-methyl/N-ethyl adjacent to an activating group) is 1. The average Bonchev–Trinajstić information content (AvgIpc) is 2.92. The first-order valence-electron chi connectivity index (χ1n) is 8.22. The summed E-state index contributed by atoms with van der Waals surface area (Å²) in [6.45, 7) is -2.81. The lowest BCUT2D eigenvalue weighted by Gasteiger charge is -2.18. The van der Waals surface area contributed by atoms with E-state index < -0.39 is 16.6 Å². The van der Waals surface area contributed by atoms with E-state index in [-0.39, 0.29) is 35.5 Å². The number of sulfonamides is 1. The van der Waals surface area contributed by atoms with Gasteiger partial charge in [-0.05, 0) is 29.8 Å². The molecule has 0 bridgehead atoms. The maximum absolute atomic E-state index is 12.2. The Hall–Kier alpha value is -3.01. The molecule has 0 radical (unpaired) electrons. The van der Waals surface area contributed by atoms with Gasteiger partial charge in [-0.15, -0.1) is 4.40 Å². The fraction of sp³-hybridized carbons (Fsp3) is 0.222. The minimum Gasteiger partial charge on any atom is -0.435 e. The summed E-state index contributed by atoms with van der Waals surface area (Å²) in [6.07, 6.45) is 0. The Labute approximate surface area is 160 Å². The zero-order valence-electron chi connectivity index (χ0n) is 14.8. The molecule has 0 fully saturated rings. The summed E-state index contributed by atoms with van der Waals surface area (Å²) in [5.41, 5.74) is 1.15. The number of amidine groups is 1. The maximum atomic E-state index is 12.2. The van der Waals surface area contributed by atoms with Crippen LogP contribution in [0.1, 0.15) is 11.1 Å². The van der Waals surface area contributed by atoms with Crippen LogP contribution in [0.25, 0.3) is 0 Å². The van der Waals surface area contributed by atoms with Crippen LogP contribution < -0.4 is 10.1 Å². The number of rotatable bonds is 6. The van der Waals surface area contributed by atoms with E-state index in [2.05, 4.69) is 14.5 Å². The monoisotopic (exact) mass is 409 g/mol. The van der Waals surface area contributed by atoms with Crippen LogP contribution in [0.2, 0.25) is 0 Å². The lowest BCUT2D eigenvalue weighted by molar-refractivity contribution is -0.121. The Balaban J connectivity index is 1.58. The van der Waals surface area contributed by atoms with Crippen molar-refractivity contribution in [3.8, 4) is 5.75 Å². The zero-order chi connectivity index (χ0) is 20.3. The first kappa shape index (κ1) is 19.7. The van der Waals surface area contributed by atoms with E-state index in [1.54, 1.807) is 37.4 Å². The number of hydrogen-bond donors (Lipinski definition) is 1. The second-order valence-corrected chi connectivity index (χ2v) is 7.61. The van der Waals surface area contributed by atoms with Crippen molar-refractivity contribution in [2.45, 2.75) is 18.1 Å². The summed E-state index contributed by atoms with van der Waals surface area (Å²) in [5.74, 6) is -0.108. The van der Waals surface area contributed by atoms with Crippen LogP contribution in [0.3, 0.4) is 0 Å². The summed E-state index contributed by atoms with van der Waals surface area (Å²) in [4.78, 5) is 13.8. The van der Waals surface area contributed by atoms with Gasteiger partial charge in [-0.25, -0.2) is 0 Å². The first-order chi connectivity index (χ1) is 13.3. The van der Waals surface area contributed by atoms with E-state index >= 15 is 0 Å². The summed E-state index contributed by atoms with van der Waals surface area (Å²) in [7, 11) is -2.18. The third kappa shape index (κ3) is 4.45. The highest BCUT2D eigenvalue weighted by Crippen LogP contribution is 2.26. The Morgan fingerprint density at radius 1 is 1.18 bits per heavy atom. The van der Waals surface area contributed by atoms with Crippen LogP contribution in [0.5, 0.6) is 5.75 Å². The number of fused-ring (bicyclic) bond motifs is 1.